The van der Waals surface area contributed by atoms with Crippen LogP contribution in [0.4, 0.5) is 0 Å². The van der Waals surface area contributed by atoms with Gasteiger partial charge in [0.05, 0.1) is 0 Å². The number of benzene rings is 1. The van der Waals surface area contributed by atoms with Gasteiger partial charge in [-0.3, -0.25) is 0 Å². The molecule has 0 heterocycles. The molecule has 0 aromatic heterocycles. The van der Waals surface area contributed by atoms with Crippen molar-refractivity contribution in [2.45, 2.75) is 48.5 Å². The molecular weight excluding hydrogens is 192 g/mol. The third-order valence-electron chi connectivity index (χ3n) is 2.00. The Balaban J connectivity index is 0. The molecule has 0 unspecified atom stereocenters. The van der Waals surface area contributed by atoms with Gasteiger partial charge >= 0.3 is 0 Å². The Bertz CT molecular complexity index is 161. The number of hydrogen-bond acceptors (Lipinski definition) is 0. The van der Waals surface area contributed by atoms with Crippen LogP contribution < -0.4 is 0 Å². The van der Waals surface area contributed by atoms with E-state index in [4.69, 9.17) is 0 Å². The molecule has 0 bridgehead atoms. The second-order valence-electron chi connectivity index (χ2n) is 5.37. The van der Waals surface area contributed by atoms with Crippen LogP contribution in [0, 0.1) is 17.8 Å². The molecule has 0 N–H and O–H groups in total. The van der Waals surface area contributed by atoms with Crippen LogP contribution in [-0.2, 0) is 0 Å². The summed E-state index contributed by atoms with van der Waals surface area (Å²) in [6, 6.07) is 12.0. The van der Waals surface area contributed by atoms with E-state index in [0.717, 1.165) is 17.8 Å². The van der Waals surface area contributed by atoms with Gasteiger partial charge in [0.15, 0.2) is 0 Å². The normalized spacial score (nSPS) is 9.38. The quantitative estimate of drug-likeness (QED) is 0.576. The van der Waals surface area contributed by atoms with Crippen molar-refractivity contribution in [3.8, 4) is 0 Å². The van der Waals surface area contributed by atoms with Crippen LogP contribution >= 0.6 is 0 Å². The van der Waals surface area contributed by atoms with Crippen molar-refractivity contribution in [2.75, 3.05) is 0 Å². The average molecular weight is 222 g/mol. The molecule has 0 fully saturated rings. The summed E-state index contributed by atoms with van der Waals surface area (Å²) in [5, 5.41) is 0. The molecular formula is C16H30. The maximum absolute atomic E-state index is 2.24. The first-order valence-electron chi connectivity index (χ1n) is 6.37. The van der Waals surface area contributed by atoms with Crippen molar-refractivity contribution >= 4 is 0 Å². The Morgan fingerprint density at radius 1 is 0.438 bits per heavy atom. The lowest BCUT2D eigenvalue weighted by Crippen LogP contribution is -1.95. The van der Waals surface area contributed by atoms with Gasteiger partial charge in [-0.25, -0.2) is 0 Å². The molecule has 1 aromatic rings. The van der Waals surface area contributed by atoms with Crippen LogP contribution in [-0.4, -0.2) is 0 Å². The Kier molecular flexibility index (Phi) is 13.5. The molecule has 0 saturated carbocycles. The van der Waals surface area contributed by atoms with E-state index in [1.807, 2.05) is 36.4 Å². The highest BCUT2D eigenvalue weighted by atomic mass is 14.0. The van der Waals surface area contributed by atoms with E-state index in [1.54, 1.807) is 0 Å². The minimum atomic E-state index is 0.833. The molecule has 16 heavy (non-hydrogen) atoms. The second-order valence-corrected chi connectivity index (χ2v) is 5.37. The molecule has 0 aliphatic carbocycles. The number of hydrogen-bond donors (Lipinski definition) is 0. The highest BCUT2D eigenvalue weighted by Crippen LogP contribution is 2.05. The molecule has 0 nitrogen and oxygen atoms in total. The van der Waals surface area contributed by atoms with Crippen molar-refractivity contribution in [2.24, 2.45) is 17.8 Å². The third-order valence-corrected chi connectivity index (χ3v) is 2.00. The Hall–Kier alpha value is -0.780. The highest BCUT2D eigenvalue weighted by molar-refractivity contribution is 4.99. The van der Waals surface area contributed by atoms with Gasteiger partial charge in [0.2, 0.25) is 0 Å². The summed E-state index contributed by atoms with van der Waals surface area (Å²) < 4.78 is 0. The molecule has 1 rings (SSSR count). The molecule has 0 aliphatic heterocycles. The van der Waals surface area contributed by atoms with Gasteiger partial charge in [-0.2, -0.15) is 0 Å². The zero-order valence-corrected chi connectivity index (χ0v) is 12.2. The lowest BCUT2D eigenvalue weighted by atomic mass is 10.0. The van der Waals surface area contributed by atoms with E-state index < -0.39 is 0 Å². The molecule has 0 atom stereocenters. The van der Waals surface area contributed by atoms with Crippen LogP contribution in [0.5, 0.6) is 0 Å². The van der Waals surface area contributed by atoms with Crippen molar-refractivity contribution in [1.82, 2.24) is 0 Å². The summed E-state index contributed by atoms with van der Waals surface area (Å²) in [6.45, 7) is 15.5. The van der Waals surface area contributed by atoms with Crippen LogP contribution in [0.3, 0.4) is 0 Å². The van der Waals surface area contributed by atoms with Gasteiger partial charge in [-0.05, 0) is 17.8 Å². The third kappa shape index (κ3) is 23.2. The van der Waals surface area contributed by atoms with Gasteiger partial charge in [-0.15, -0.1) is 0 Å². The Morgan fingerprint density at radius 2 is 0.562 bits per heavy atom. The first-order valence-corrected chi connectivity index (χ1v) is 6.37. The standard InChI is InChI=1S/C6H6.C6H14.C4H10/c1-2-4-6-5-3-1;1-5(2)6(3)4;1-4(2)3/h1-6H;5-6H,1-4H3;4H,1-3H3. The molecule has 0 radical (unpaired) electrons. The summed E-state index contributed by atoms with van der Waals surface area (Å²) in [5.41, 5.74) is 0. The molecule has 0 aliphatic rings. The van der Waals surface area contributed by atoms with Crippen LogP contribution in [0.25, 0.3) is 0 Å². The predicted octanol–water partition coefficient (Wildman–Crippen LogP) is 5.65. The van der Waals surface area contributed by atoms with Gasteiger partial charge < -0.3 is 0 Å². The van der Waals surface area contributed by atoms with Crippen LogP contribution in [0.2, 0.25) is 0 Å². The van der Waals surface area contributed by atoms with Crippen LogP contribution in [0.1, 0.15) is 48.5 Å². The van der Waals surface area contributed by atoms with Crippen molar-refractivity contribution in [3.63, 3.8) is 0 Å². The summed E-state index contributed by atoms with van der Waals surface area (Å²) in [4.78, 5) is 0. The van der Waals surface area contributed by atoms with Crippen molar-refractivity contribution in [1.29, 1.82) is 0 Å². The first-order chi connectivity index (χ1) is 7.37. The molecule has 94 valence electrons. The Morgan fingerprint density at radius 3 is 0.625 bits per heavy atom. The molecule has 0 saturated heterocycles. The van der Waals surface area contributed by atoms with Gasteiger partial charge in [0, 0.05) is 0 Å². The maximum Gasteiger partial charge on any atom is -0.0448 e. The van der Waals surface area contributed by atoms with E-state index in [0.29, 0.717) is 0 Å². The molecule has 0 spiro atoms. The summed E-state index contributed by atoms with van der Waals surface area (Å²) in [5.74, 6) is 2.54. The fourth-order valence-electron chi connectivity index (χ4n) is 0.385. The average Bonchev–Trinajstić information content (AvgIpc) is 2.20. The van der Waals surface area contributed by atoms with E-state index in [1.165, 1.54) is 0 Å². The zero-order valence-electron chi connectivity index (χ0n) is 12.2. The van der Waals surface area contributed by atoms with Gasteiger partial charge in [-0.1, -0.05) is 84.9 Å². The largest absolute Gasteiger partial charge is 0.0630 e. The second kappa shape index (κ2) is 12.3. The van der Waals surface area contributed by atoms with Crippen molar-refractivity contribution < 1.29 is 0 Å². The van der Waals surface area contributed by atoms with E-state index in [2.05, 4.69) is 48.5 Å². The summed E-state index contributed by atoms with van der Waals surface area (Å²) in [6.07, 6.45) is 0. The first kappa shape index (κ1) is 17.6. The smallest absolute Gasteiger partial charge is 0.0448 e. The topological polar surface area (TPSA) is 0 Å². The predicted molar refractivity (Wildman–Crippen MR) is 76.6 cm³/mol. The summed E-state index contributed by atoms with van der Waals surface area (Å²) in [7, 11) is 0. The minimum absolute atomic E-state index is 0.833. The molecule has 0 amide bonds. The SMILES string of the molecule is CC(C)C.CC(C)C(C)C.c1ccccc1. The fourth-order valence-corrected chi connectivity index (χ4v) is 0.385. The van der Waals surface area contributed by atoms with Gasteiger partial charge in [0.1, 0.15) is 0 Å². The van der Waals surface area contributed by atoms with Crippen LogP contribution in [0.15, 0.2) is 36.4 Å². The van der Waals surface area contributed by atoms with Crippen molar-refractivity contribution in [3.05, 3.63) is 36.4 Å². The Labute approximate surface area is 103 Å². The molecule has 1 aromatic carbocycles. The highest BCUT2D eigenvalue weighted by Gasteiger charge is 1.95. The maximum atomic E-state index is 2.24. The monoisotopic (exact) mass is 222 g/mol. The zero-order chi connectivity index (χ0) is 13.0. The minimum Gasteiger partial charge on any atom is -0.0630 e. The summed E-state index contributed by atoms with van der Waals surface area (Å²) >= 11 is 0. The lowest BCUT2D eigenvalue weighted by Gasteiger charge is -2.05. The van der Waals surface area contributed by atoms with E-state index >= 15 is 0 Å². The fraction of sp³-hybridized carbons (Fsp3) is 0.625. The molecule has 0 heteroatoms. The number of rotatable bonds is 1. The van der Waals surface area contributed by atoms with E-state index in [-0.39, 0.29) is 0 Å². The van der Waals surface area contributed by atoms with E-state index in [9.17, 15) is 0 Å². The van der Waals surface area contributed by atoms with Gasteiger partial charge in [0.25, 0.3) is 0 Å². The lowest BCUT2D eigenvalue weighted by molar-refractivity contribution is 0.457.